The number of pyridine rings is 2. The summed E-state index contributed by atoms with van der Waals surface area (Å²) in [5.74, 6) is 1.18. The molecule has 2 fully saturated rings. The van der Waals surface area contributed by atoms with E-state index in [-0.39, 0.29) is 11.9 Å². The number of aromatic nitrogens is 2. The molecule has 2 aromatic heterocycles. The highest BCUT2D eigenvalue weighted by atomic mass is 16.3. The molecule has 2 N–H and O–H groups in total. The van der Waals surface area contributed by atoms with Crippen LogP contribution in [0, 0.1) is 5.92 Å². The van der Waals surface area contributed by atoms with E-state index in [2.05, 4.69) is 27.1 Å². The van der Waals surface area contributed by atoms with Crippen molar-refractivity contribution in [3.05, 3.63) is 30.1 Å². The van der Waals surface area contributed by atoms with E-state index in [0.717, 1.165) is 48.9 Å². The lowest BCUT2D eigenvalue weighted by Gasteiger charge is -2.39. The van der Waals surface area contributed by atoms with Crippen LogP contribution in [0.15, 0.2) is 24.5 Å². The third kappa shape index (κ3) is 3.83. The molecule has 2 aliphatic rings. The number of carbonyl (C=O) groups is 1. The predicted molar refractivity (Wildman–Crippen MR) is 110 cm³/mol. The largest absolute Gasteiger partial charge is 0.390 e. The molecule has 1 saturated heterocycles. The van der Waals surface area contributed by atoms with E-state index in [4.69, 9.17) is 0 Å². The number of nitrogens with one attached hydrogen (secondary N) is 1. The van der Waals surface area contributed by atoms with Gasteiger partial charge in [0.05, 0.1) is 16.7 Å². The van der Waals surface area contributed by atoms with Gasteiger partial charge in [-0.25, -0.2) is 4.98 Å². The summed E-state index contributed by atoms with van der Waals surface area (Å²) < 4.78 is 0. The first-order valence-corrected chi connectivity index (χ1v) is 10.4. The second-order valence-corrected chi connectivity index (χ2v) is 8.97. The number of fused-ring (bicyclic) bond motifs is 1. The molecule has 3 heterocycles. The van der Waals surface area contributed by atoms with Crippen molar-refractivity contribution >= 4 is 22.6 Å². The van der Waals surface area contributed by atoms with Crippen molar-refractivity contribution < 1.29 is 9.90 Å². The van der Waals surface area contributed by atoms with Gasteiger partial charge in [0.2, 0.25) is 0 Å². The Bertz CT molecular complexity index is 868. The van der Waals surface area contributed by atoms with Crippen molar-refractivity contribution in [3.63, 3.8) is 0 Å². The molecule has 0 bridgehead atoms. The monoisotopic (exact) mass is 382 g/mol. The van der Waals surface area contributed by atoms with Crippen LogP contribution in [0.25, 0.3) is 10.9 Å². The van der Waals surface area contributed by atoms with Crippen molar-refractivity contribution in [1.82, 2.24) is 15.3 Å². The van der Waals surface area contributed by atoms with Crippen LogP contribution in [0.1, 0.15) is 63.2 Å². The number of carbonyl (C=O) groups excluding carboxylic acids is 1. The molecule has 1 atom stereocenters. The zero-order valence-electron chi connectivity index (χ0n) is 17.0. The summed E-state index contributed by atoms with van der Waals surface area (Å²) in [7, 11) is 0. The fraction of sp³-hybridized carbons (Fsp3) is 0.591. The van der Waals surface area contributed by atoms with E-state index >= 15 is 0 Å². The van der Waals surface area contributed by atoms with E-state index in [1.807, 2.05) is 32.2 Å². The van der Waals surface area contributed by atoms with Gasteiger partial charge in [0.25, 0.3) is 5.91 Å². The third-order valence-corrected chi connectivity index (χ3v) is 6.49. The Morgan fingerprint density at radius 1 is 1.14 bits per heavy atom. The van der Waals surface area contributed by atoms with Gasteiger partial charge in [-0.2, -0.15) is 0 Å². The molecule has 4 rings (SSSR count). The Hall–Kier alpha value is -2.21. The van der Waals surface area contributed by atoms with Gasteiger partial charge in [-0.3, -0.25) is 9.78 Å². The summed E-state index contributed by atoms with van der Waals surface area (Å²) in [4.78, 5) is 24.0. The molecule has 28 heavy (non-hydrogen) atoms. The maximum absolute atomic E-state index is 12.7. The summed E-state index contributed by atoms with van der Waals surface area (Å²) in [6.45, 7) is 6.99. The molecule has 1 unspecified atom stereocenters. The van der Waals surface area contributed by atoms with Crippen LogP contribution in [-0.2, 0) is 0 Å². The van der Waals surface area contributed by atoms with Gasteiger partial charge < -0.3 is 15.3 Å². The number of aliphatic hydroxyl groups is 1. The molecule has 0 radical (unpaired) electrons. The minimum absolute atomic E-state index is 0.0819. The Labute approximate surface area is 166 Å². The molecule has 1 amide bonds. The molecule has 1 aliphatic heterocycles. The average Bonchev–Trinajstić information content (AvgIpc) is 2.66. The lowest BCUT2D eigenvalue weighted by atomic mass is 9.77. The second kappa shape index (κ2) is 7.32. The van der Waals surface area contributed by atoms with Crippen molar-refractivity contribution in [2.24, 2.45) is 5.92 Å². The lowest BCUT2D eigenvalue weighted by molar-refractivity contribution is -0.00257. The molecule has 150 valence electrons. The summed E-state index contributed by atoms with van der Waals surface area (Å²) in [5.41, 5.74) is 0.798. The third-order valence-electron chi connectivity index (χ3n) is 6.49. The van der Waals surface area contributed by atoms with E-state index in [0.29, 0.717) is 17.5 Å². The number of nitrogens with zero attached hydrogens (tertiary/aromatic N) is 3. The predicted octanol–water partition coefficient (Wildman–Crippen LogP) is 3.29. The Balaban J connectivity index is 1.41. The van der Waals surface area contributed by atoms with Gasteiger partial charge in [-0.05, 0) is 64.9 Å². The van der Waals surface area contributed by atoms with Gasteiger partial charge in [0.15, 0.2) is 0 Å². The highest BCUT2D eigenvalue weighted by Gasteiger charge is 2.32. The van der Waals surface area contributed by atoms with Gasteiger partial charge in [-0.15, -0.1) is 0 Å². The van der Waals surface area contributed by atoms with E-state index in [9.17, 15) is 9.90 Å². The molecule has 6 heteroatoms. The number of hydrogen-bond donors (Lipinski definition) is 2. The van der Waals surface area contributed by atoms with Crippen LogP contribution in [0.2, 0.25) is 0 Å². The molecule has 1 saturated carbocycles. The van der Waals surface area contributed by atoms with Gasteiger partial charge in [-0.1, -0.05) is 0 Å². The van der Waals surface area contributed by atoms with Crippen molar-refractivity contribution in [1.29, 1.82) is 0 Å². The molecule has 0 spiro atoms. The molecular formula is C22H30N4O2. The maximum Gasteiger partial charge on any atom is 0.253 e. The fourth-order valence-corrected chi connectivity index (χ4v) is 4.36. The molecule has 2 aromatic rings. The highest BCUT2D eigenvalue weighted by Crippen LogP contribution is 2.32. The summed E-state index contributed by atoms with van der Waals surface area (Å²) in [6.07, 6.45) is 8.35. The zero-order chi connectivity index (χ0) is 19.9. The quantitative estimate of drug-likeness (QED) is 0.848. The van der Waals surface area contributed by atoms with Crippen LogP contribution in [0.4, 0.5) is 5.82 Å². The number of rotatable bonds is 4. The van der Waals surface area contributed by atoms with Crippen LogP contribution in [0.5, 0.6) is 0 Å². The van der Waals surface area contributed by atoms with E-state index in [1.54, 1.807) is 6.20 Å². The lowest BCUT2D eigenvalue weighted by Crippen LogP contribution is -2.46. The number of amides is 1. The van der Waals surface area contributed by atoms with E-state index in [1.165, 1.54) is 6.42 Å². The summed E-state index contributed by atoms with van der Waals surface area (Å²) in [5, 5.41) is 14.2. The van der Waals surface area contributed by atoms with Gasteiger partial charge >= 0.3 is 0 Å². The highest BCUT2D eigenvalue weighted by molar-refractivity contribution is 5.97. The number of anilines is 1. The van der Waals surface area contributed by atoms with E-state index < -0.39 is 5.60 Å². The Morgan fingerprint density at radius 2 is 1.89 bits per heavy atom. The van der Waals surface area contributed by atoms with Crippen molar-refractivity contribution in [2.75, 3.05) is 11.4 Å². The van der Waals surface area contributed by atoms with Crippen LogP contribution in [-0.4, -0.2) is 45.2 Å². The van der Waals surface area contributed by atoms with Crippen molar-refractivity contribution in [2.45, 2.75) is 70.6 Å². The minimum atomic E-state index is -0.642. The first kappa shape index (κ1) is 19.1. The first-order chi connectivity index (χ1) is 13.3. The summed E-state index contributed by atoms with van der Waals surface area (Å²) >= 11 is 0. The normalized spacial score (nSPS) is 25.4. The first-order valence-electron chi connectivity index (χ1n) is 10.4. The van der Waals surface area contributed by atoms with Crippen molar-refractivity contribution in [3.8, 4) is 0 Å². The minimum Gasteiger partial charge on any atom is -0.390 e. The molecule has 1 aliphatic carbocycles. The SMILES string of the molecule is CC1CCN1c1cc2ncc(C(=O)NC3CCC(C(C)(C)O)CC3)cc2cn1. The Morgan fingerprint density at radius 3 is 2.50 bits per heavy atom. The molecular weight excluding hydrogens is 352 g/mol. The van der Waals surface area contributed by atoms with Gasteiger partial charge in [0, 0.05) is 42.5 Å². The number of hydrogen-bond acceptors (Lipinski definition) is 5. The Kier molecular flexibility index (Phi) is 5.00. The molecule has 0 aromatic carbocycles. The molecule has 6 nitrogen and oxygen atoms in total. The topological polar surface area (TPSA) is 78.4 Å². The smallest absolute Gasteiger partial charge is 0.253 e. The zero-order valence-corrected chi connectivity index (χ0v) is 17.0. The van der Waals surface area contributed by atoms with Crippen LogP contribution >= 0.6 is 0 Å². The standard InChI is InChI=1S/C22H30N4O2/c1-14-8-9-26(14)20-11-19-15(12-24-20)10-16(13-23-19)21(27)25-18-6-4-17(5-7-18)22(2,3)28/h10-14,17-18,28H,4-9H2,1-3H3,(H,25,27). The second-order valence-electron chi connectivity index (χ2n) is 8.97. The van der Waals surface area contributed by atoms with Crippen LogP contribution < -0.4 is 10.2 Å². The van der Waals surface area contributed by atoms with Gasteiger partial charge in [0.1, 0.15) is 5.82 Å². The average molecular weight is 383 g/mol. The summed E-state index contributed by atoms with van der Waals surface area (Å²) in [6, 6.07) is 4.57. The maximum atomic E-state index is 12.7. The fourth-order valence-electron chi connectivity index (χ4n) is 4.36. The van der Waals surface area contributed by atoms with Crippen LogP contribution in [0.3, 0.4) is 0 Å².